The lowest BCUT2D eigenvalue weighted by atomic mass is 10.1. The molecule has 0 unspecified atom stereocenters. The zero-order chi connectivity index (χ0) is 14.3. The highest BCUT2D eigenvalue weighted by molar-refractivity contribution is 6.03. The Balaban J connectivity index is 2.99. The number of amides is 2. The monoisotopic (exact) mass is 262 g/mol. The Hall–Kier alpha value is -1.84. The summed E-state index contributed by atoms with van der Waals surface area (Å²) in [6.07, 6.45) is 1.85. The molecule has 19 heavy (non-hydrogen) atoms. The highest BCUT2D eigenvalue weighted by Gasteiger charge is 2.17. The van der Waals surface area contributed by atoms with E-state index in [1.807, 2.05) is 17.0 Å². The smallest absolute Gasteiger partial charge is 0.255 e. The van der Waals surface area contributed by atoms with Crippen LogP contribution in [0.5, 0.6) is 0 Å². The second-order valence-corrected chi connectivity index (χ2v) is 4.52. The Morgan fingerprint density at radius 1 is 1.11 bits per heavy atom. The zero-order valence-electron chi connectivity index (χ0n) is 11.9. The lowest BCUT2D eigenvalue weighted by Crippen LogP contribution is -2.33. The van der Waals surface area contributed by atoms with E-state index in [4.69, 9.17) is 0 Å². The lowest BCUT2D eigenvalue weighted by Gasteiger charge is -2.22. The van der Waals surface area contributed by atoms with Gasteiger partial charge in [0, 0.05) is 20.0 Å². The molecular weight excluding hydrogens is 240 g/mol. The number of carbonyl (C=O) groups is 2. The van der Waals surface area contributed by atoms with Crippen molar-refractivity contribution in [2.24, 2.45) is 0 Å². The Bertz CT molecular complexity index is 438. The SMILES string of the molecule is CCCN(CCC)C(=O)c1ccccc1NC(C)=O. The minimum absolute atomic E-state index is 0.0203. The van der Waals surface area contributed by atoms with Crippen molar-refractivity contribution in [2.45, 2.75) is 33.6 Å². The van der Waals surface area contributed by atoms with Crippen LogP contribution in [-0.4, -0.2) is 29.8 Å². The lowest BCUT2D eigenvalue weighted by molar-refractivity contribution is -0.114. The number of hydrogen-bond donors (Lipinski definition) is 1. The van der Waals surface area contributed by atoms with Gasteiger partial charge in [-0.2, -0.15) is 0 Å². The van der Waals surface area contributed by atoms with Crippen LogP contribution in [0.15, 0.2) is 24.3 Å². The summed E-state index contributed by atoms with van der Waals surface area (Å²) in [4.78, 5) is 25.5. The van der Waals surface area contributed by atoms with Crippen LogP contribution in [0, 0.1) is 0 Å². The molecule has 1 N–H and O–H groups in total. The molecule has 0 aliphatic heterocycles. The van der Waals surface area contributed by atoms with E-state index in [2.05, 4.69) is 19.2 Å². The highest BCUT2D eigenvalue weighted by Crippen LogP contribution is 2.17. The van der Waals surface area contributed by atoms with Gasteiger partial charge in [0.15, 0.2) is 0 Å². The van der Waals surface area contributed by atoms with E-state index in [-0.39, 0.29) is 11.8 Å². The fraction of sp³-hybridized carbons (Fsp3) is 0.467. The molecule has 0 aliphatic carbocycles. The zero-order valence-corrected chi connectivity index (χ0v) is 11.9. The van der Waals surface area contributed by atoms with Gasteiger partial charge in [-0.1, -0.05) is 26.0 Å². The van der Waals surface area contributed by atoms with Crippen molar-refractivity contribution in [3.05, 3.63) is 29.8 Å². The summed E-state index contributed by atoms with van der Waals surface area (Å²) in [5, 5.41) is 2.71. The molecule has 0 spiro atoms. The van der Waals surface area contributed by atoms with Gasteiger partial charge in [-0.05, 0) is 25.0 Å². The van der Waals surface area contributed by atoms with Gasteiger partial charge in [-0.15, -0.1) is 0 Å². The van der Waals surface area contributed by atoms with Crippen LogP contribution in [0.4, 0.5) is 5.69 Å². The summed E-state index contributed by atoms with van der Waals surface area (Å²) in [6.45, 7) is 7.02. The van der Waals surface area contributed by atoms with Crippen molar-refractivity contribution in [3.8, 4) is 0 Å². The van der Waals surface area contributed by atoms with E-state index in [1.54, 1.807) is 12.1 Å². The van der Waals surface area contributed by atoms with E-state index in [1.165, 1.54) is 6.92 Å². The fourth-order valence-electron chi connectivity index (χ4n) is 1.99. The standard InChI is InChI=1S/C15H22N2O2/c1-4-10-17(11-5-2)15(19)13-8-6-7-9-14(13)16-12(3)18/h6-9H,4-5,10-11H2,1-3H3,(H,16,18). The topological polar surface area (TPSA) is 49.4 Å². The molecule has 1 aromatic carbocycles. The highest BCUT2D eigenvalue weighted by atomic mass is 16.2. The molecule has 0 radical (unpaired) electrons. The van der Waals surface area contributed by atoms with E-state index < -0.39 is 0 Å². The Kier molecular flexibility index (Phi) is 6.06. The molecule has 0 saturated heterocycles. The summed E-state index contributed by atoms with van der Waals surface area (Å²) in [7, 11) is 0. The second-order valence-electron chi connectivity index (χ2n) is 4.52. The number of nitrogens with one attached hydrogen (secondary N) is 1. The predicted molar refractivity (Wildman–Crippen MR) is 77.2 cm³/mol. The predicted octanol–water partition coefficient (Wildman–Crippen LogP) is 2.91. The molecule has 2 amide bonds. The third kappa shape index (κ3) is 4.39. The molecule has 0 aromatic heterocycles. The first-order valence-electron chi connectivity index (χ1n) is 6.76. The van der Waals surface area contributed by atoms with Crippen molar-refractivity contribution in [3.63, 3.8) is 0 Å². The molecular formula is C15H22N2O2. The maximum absolute atomic E-state index is 12.5. The van der Waals surface area contributed by atoms with Gasteiger partial charge in [-0.3, -0.25) is 9.59 Å². The minimum Gasteiger partial charge on any atom is -0.339 e. The molecule has 1 rings (SSSR count). The number of hydrogen-bond acceptors (Lipinski definition) is 2. The largest absolute Gasteiger partial charge is 0.339 e. The van der Waals surface area contributed by atoms with Crippen molar-refractivity contribution >= 4 is 17.5 Å². The second kappa shape index (κ2) is 7.56. The first kappa shape index (κ1) is 15.2. The van der Waals surface area contributed by atoms with Crippen LogP contribution in [0.25, 0.3) is 0 Å². The Labute approximate surface area is 114 Å². The third-order valence-corrected chi connectivity index (χ3v) is 2.74. The summed E-state index contributed by atoms with van der Waals surface area (Å²) in [5.41, 5.74) is 1.14. The van der Waals surface area contributed by atoms with E-state index >= 15 is 0 Å². The average Bonchev–Trinajstić information content (AvgIpc) is 2.38. The maximum Gasteiger partial charge on any atom is 0.255 e. The molecule has 1 aromatic rings. The summed E-state index contributed by atoms with van der Waals surface area (Å²) >= 11 is 0. The van der Waals surface area contributed by atoms with Gasteiger partial charge in [0.25, 0.3) is 5.91 Å². The molecule has 0 saturated carbocycles. The third-order valence-electron chi connectivity index (χ3n) is 2.74. The molecule has 4 nitrogen and oxygen atoms in total. The van der Waals surface area contributed by atoms with Crippen molar-refractivity contribution in [1.82, 2.24) is 4.90 Å². The van der Waals surface area contributed by atoms with Crippen molar-refractivity contribution in [2.75, 3.05) is 18.4 Å². The van der Waals surface area contributed by atoms with Crippen LogP contribution in [-0.2, 0) is 4.79 Å². The van der Waals surface area contributed by atoms with Crippen molar-refractivity contribution < 1.29 is 9.59 Å². The molecule has 0 atom stereocenters. The summed E-state index contributed by atoms with van der Waals surface area (Å²) in [5.74, 6) is -0.189. The number of para-hydroxylation sites is 1. The quantitative estimate of drug-likeness (QED) is 0.857. The first-order chi connectivity index (χ1) is 9.10. The Morgan fingerprint density at radius 3 is 2.21 bits per heavy atom. The number of rotatable bonds is 6. The first-order valence-corrected chi connectivity index (χ1v) is 6.76. The van der Waals surface area contributed by atoms with Gasteiger partial charge in [0.05, 0.1) is 11.3 Å². The van der Waals surface area contributed by atoms with Gasteiger partial charge >= 0.3 is 0 Å². The van der Waals surface area contributed by atoms with Gasteiger partial charge in [0.2, 0.25) is 5.91 Å². The molecule has 0 aliphatic rings. The van der Waals surface area contributed by atoms with Crippen LogP contribution in [0.3, 0.4) is 0 Å². The van der Waals surface area contributed by atoms with E-state index in [0.717, 1.165) is 25.9 Å². The van der Waals surface area contributed by atoms with Crippen LogP contribution in [0.2, 0.25) is 0 Å². The minimum atomic E-state index is -0.169. The maximum atomic E-state index is 12.5. The molecule has 0 bridgehead atoms. The summed E-state index contributed by atoms with van der Waals surface area (Å²) < 4.78 is 0. The van der Waals surface area contributed by atoms with Gasteiger partial charge < -0.3 is 10.2 Å². The molecule has 4 heteroatoms. The number of nitrogens with zero attached hydrogens (tertiary/aromatic N) is 1. The van der Waals surface area contributed by atoms with Crippen LogP contribution < -0.4 is 5.32 Å². The normalized spacial score (nSPS) is 10.1. The average molecular weight is 262 g/mol. The summed E-state index contributed by atoms with van der Waals surface area (Å²) in [6, 6.07) is 7.14. The van der Waals surface area contributed by atoms with E-state index in [0.29, 0.717) is 11.3 Å². The van der Waals surface area contributed by atoms with Crippen LogP contribution >= 0.6 is 0 Å². The fourth-order valence-corrected chi connectivity index (χ4v) is 1.99. The Morgan fingerprint density at radius 2 is 1.68 bits per heavy atom. The number of carbonyl (C=O) groups excluding carboxylic acids is 2. The molecule has 104 valence electrons. The van der Waals surface area contributed by atoms with Gasteiger partial charge in [-0.25, -0.2) is 0 Å². The van der Waals surface area contributed by atoms with Crippen molar-refractivity contribution in [1.29, 1.82) is 0 Å². The number of anilines is 1. The van der Waals surface area contributed by atoms with Crippen LogP contribution in [0.1, 0.15) is 44.0 Å². The number of benzene rings is 1. The molecule has 0 fully saturated rings. The van der Waals surface area contributed by atoms with Gasteiger partial charge in [0.1, 0.15) is 0 Å². The van der Waals surface area contributed by atoms with E-state index in [9.17, 15) is 9.59 Å². The molecule has 0 heterocycles.